The largest absolute Gasteiger partial charge is 0.493 e. The van der Waals surface area contributed by atoms with Crippen LogP contribution in [0.1, 0.15) is 16.8 Å². The summed E-state index contributed by atoms with van der Waals surface area (Å²) >= 11 is 0. The lowest BCUT2D eigenvalue weighted by Crippen LogP contribution is -2.24. The number of aromatic nitrogens is 3. The second-order valence-electron chi connectivity index (χ2n) is 7.61. The Kier molecular flexibility index (Phi) is 7.31. The predicted octanol–water partition coefficient (Wildman–Crippen LogP) is 3.62. The van der Waals surface area contributed by atoms with E-state index in [1.54, 1.807) is 36.5 Å². The molecule has 1 aromatic heterocycles. The van der Waals surface area contributed by atoms with E-state index in [0.29, 0.717) is 35.8 Å². The third-order valence-electron chi connectivity index (χ3n) is 5.17. The van der Waals surface area contributed by atoms with Gasteiger partial charge in [0, 0.05) is 12.6 Å². The van der Waals surface area contributed by atoms with Crippen LogP contribution < -0.4 is 14.8 Å². The van der Waals surface area contributed by atoms with Crippen molar-refractivity contribution in [2.24, 2.45) is 0 Å². The van der Waals surface area contributed by atoms with Crippen LogP contribution in [0, 0.1) is 10.1 Å². The average molecular weight is 473 g/mol. The van der Waals surface area contributed by atoms with E-state index in [-0.39, 0.29) is 18.2 Å². The van der Waals surface area contributed by atoms with Gasteiger partial charge in [0.15, 0.2) is 11.5 Å². The molecule has 10 heteroatoms. The summed E-state index contributed by atoms with van der Waals surface area (Å²) < 4.78 is 12.6. The molecule has 35 heavy (non-hydrogen) atoms. The minimum atomic E-state index is -0.469. The molecule has 178 valence electrons. The van der Waals surface area contributed by atoms with Crippen LogP contribution in [0.5, 0.6) is 11.5 Å². The number of nitrogens with zero attached hydrogens (tertiary/aromatic N) is 4. The number of methoxy groups -OCH3 is 1. The van der Waals surface area contributed by atoms with Crippen LogP contribution in [-0.2, 0) is 24.4 Å². The Hall–Kier alpha value is -4.73. The van der Waals surface area contributed by atoms with Crippen molar-refractivity contribution in [1.82, 2.24) is 20.3 Å². The summed E-state index contributed by atoms with van der Waals surface area (Å²) in [5, 5.41) is 22.2. The van der Waals surface area contributed by atoms with Crippen LogP contribution in [0.25, 0.3) is 5.69 Å². The Balaban J connectivity index is 1.36. The van der Waals surface area contributed by atoms with Gasteiger partial charge in [-0.2, -0.15) is 0 Å². The van der Waals surface area contributed by atoms with Crippen molar-refractivity contribution in [2.75, 3.05) is 7.11 Å². The number of carbonyl (C=O) groups excluding carboxylic acids is 1. The molecule has 1 N–H and O–H groups in total. The van der Waals surface area contributed by atoms with Gasteiger partial charge in [-0.25, -0.2) is 4.68 Å². The molecule has 0 aliphatic heterocycles. The third kappa shape index (κ3) is 5.99. The highest BCUT2D eigenvalue weighted by molar-refractivity contribution is 5.78. The van der Waals surface area contributed by atoms with Crippen LogP contribution >= 0.6 is 0 Å². The highest BCUT2D eigenvalue weighted by Crippen LogP contribution is 2.29. The Morgan fingerprint density at radius 3 is 2.57 bits per heavy atom. The fraction of sp³-hybridized carbons (Fsp3) is 0.160. The molecule has 0 spiro atoms. The summed E-state index contributed by atoms with van der Waals surface area (Å²) in [4.78, 5) is 23.0. The van der Waals surface area contributed by atoms with E-state index in [2.05, 4.69) is 15.6 Å². The zero-order valence-electron chi connectivity index (χ0n) is 19.0. The number of amides is 1. The summed E-state index contributed by atoms with van der Waals surface area (Å²) in [7, 11) is 1.53. The zero-order chi connectivity index (χ0) is 24.6. The lowest BCUT2D eigenvalue weighted by molar-refractivity contribution is -0.384. The second kappa shape index (κ2) is 10.9. The van der Waals surface area contributed by atoms with Gasteiger partial charge in [-0.3, -0.25) is 14.9 Å². The standard InChI is InChI=1S/C25H23N5O5/c1-34-24-13-19(15-26-25(31)14-18-7-3-2-4-8-18)11-12-23(24)35-17-20-16-29(28-27-20)21-9-5-6-10-22(21)30(32)33/h2-13,16H,14-15,17H2,1H3,(H,26,31). The van der Waals surface area contributed by atoms with Crippen LogP contribution in [0.2, 0.25) is 0 Å². The molecule has 4 aromatic rings. The number of benzene rings is 3. The van der Waals surface area contributed by atoms with Gasteiger partial charge in [0.2, 0.25) is 5.91 Å². The number of ether oxygens (including phenoxy) is 2. The number of carbonyl (C=O) groups is 1. The molecule has 0 fully saturated rings. The van der Waals surface area contributed by atoms with Crippen LogP contribution in [0.15, 0.2) is 79.0 Å². The number of nitro benzene ring substituents is 1. The van der Waals surface area contributed by atoms with Gasteiger partial charge in [-0.1, -0.05) is 53.7 Å². The predicted molar refractivity (Wildman–Crippen MR) is 127 cm³/mol. The van der Waals surface area contributed by atoms with Crippen molar-refractivity contribution >= 4 is 11.6 Å². The van der Waals surface area contributed by atoms with E-state index < -0.39 is 4.92 Å². The van der Waals surface area contributed by atoms with Gasteiger partial charge in [-0.05, 0) is 29.3 Å². The normalized spacial score (nSPS) is 10.5. The maximum Gasteiger partial charge on any atom is 0.294 e. The van der Waals surface area contributed by atoms with Gasteiger partial charge in [-0.15, -0.1) is 5.10 Å². The van der Waals surface area contributed by atoms with Crippen LogP contribution in [0.4, 0.5) is 5.69 Å². The molecule has 1 amide bonds. The Morgan fingerprint density at radius 1 is 1.03 bits per heavy atom. The molecule has 3 aromatic carbocycles. The summed E-state index contributed by atoms with van der Waals surface area (Å²) in [6.45, 7) is 0.441. The van der Waals surface area contributed by atoms with E-state index in [4.69, 9.17) is 9.47 Å². The fourth-order valence-corrected chi connectivity index (χ4v) is 3.43. The monoisotopic (exact) mass is 473 g/mol. The molecule has 0 radical (unpaired) electrons. The molecule has 10 nitrogen and oxygen atoms in total. The van der Waals surface area contributed by atoms with Crippen molar-refractivity contribution < 1.29 is 19.2 Å². The van der Waals surface area contributed by atoms with Gasteiger partial charge < -0.3 is 14.8 Å². The molecule has 0 atom stereocenters. The number of para-hydroxylation sites is 2. The van der Waals surface area contributed by atoms with Gasteiger partial charge in [0.1, 0.15) is 18.0 Å². The highest BCUT2D eigenvalue weighted by Gasteiger charge is 2.16. The minimum Gasteiger partial charge on any atom is -0.493 e. The molecule has 1 heterocycles. The summed E-state index contributed by atoms with van der Waals surface area (Å²) in [5.74, 6) is 0.926. The third-order valence-corrected chi connectivity index (χ3v) is 5.17. The van der Waals surface area contributed by atoms with Gasteiger partial charge >= 0.3 is 0 Å². The average Bonchev–Trinajstić information content (AvgIpc) is 3.36. The maximum atomic E-state index is 12.2. The van der Waals surface area contributed by atoms with E-state index >= 15 is 0 Å². The van der Waals surface area contributed by atoms with Crippen molar-refractivity contribution in [3.8, 4) is 17.2 Å². The molecule has 4 rings (SSSR count). The molecule has 0 unspecified atom stereocenters. The molecule has 0 bridgehead atoms. The lowest BCUT2D eigenvalue weighted by Gasteiger charge is -2.12. The van der Waals surface area contributed by atoms with E-state index in [0.717, 1.165) is 11.1 Å². The van der Waals surface area contributed by atoms with Crippen molar-refractivity contribution in [3.05, 3.63) is 106 Å². The first kappa shape index (κ1) is 23.4. The molecule has 0 saturated heterocycles. The summed E-state index contributed by atoms with van der Waals surface area (Å²) in [6.07, 6.45) is 1.89. The number of hydrogen-bond donors (Lipinski definition) is 1. The first-order chi connectivity index (χ1) is 17.0. The number of nitrogens with one attached hydrogen (secondary N) is 1. The van der Waals surface area contributed by atoms with E-state index in [1.807, 2.05) is 36.4 Å². The quantitative estimate of drug-likeness (QED) is 0.276. The smallest absolute Gasteiger partial charge is 0.294 e. The van der Waals surface area contributed by atoms with Crippen molar-refractivity contribution in [2.45, 2.75) is 19.6 Å². The lowest BCUT2D eigenvalue weighted by atomic mass is 10.1. The SMILES string of the molecule is COc1cc(CNC(=O)Cc2ccccc2)ccc1OCc1cn(-c2ccccc2[N+](=O)[O-])nn1. The Morgan fingerprint density at radius 2 is 1.80 bits per heavy atom. The van der Waals surface area contributed by atoms with Gasteiger partial charge in [0.25, 0.3) is 5.69 Å². The molecule has 0 saturated carbocycles. The summed E-state index contributed by atoms with van der Waals surface area (Å²) in [5.41, 5.74) is 2.54. The van der Waals surface area contributed by atoms with Crippen LogP contribution in [-0.4, -0.2) is 32.9 Å². The minimum absolute atomic E-state index is 0.0713. The van der Waals surface area contributed by atoms with Crippen molar-refractivity contribution in [3.63, 3.8) is 0 Å². The molecular formula is C25H23N5O5. The first-order valence-electron chi connectivity index (χ1n) is 10.8. The summed E-state index contributed by atoms with van der Waals surface area (Å²) in [6, 6.07) is 21.2. The highest BCUT2D eigenvalue weighted by atomic mass is 16.6. The second-order valence-corrected chi connectivity index (χ2v) is 7.61. The number of nitro groups is 1. The van der Waals surface area contributed by atoms with Crippen LogP contribution in [0.3, 0.4) is 0 Å². The number of hydrogen-bond acceptors (Lipinski definition) is 7. The van der Waals surface area contributed by atoms with Gasteiger partial charge in [0.05, 0.1) is 24.7 Å². The molecule has 0 aliphatic rings. The number of rotatable bonds is 10. The first-order valence-corrected chi connectivity index (χ1v) is 10.8. The topological polar surface area (TPSA) is 121 Å². The Bertz CT molecular complexity index is 1320. The Labute approximate surface area is 201 Å². The van der Waals surface area contributed by atoms with Crippen molar-refractivity contribution in [1.29, 1.82) is 0 Å². The zero-order valence-corrected chi connectivity index (χ0v) is 19.0. The molecule has 0 aliphatic carbocycles. The maximum absolute atomic E-state index is 12.2. The van der Waals surface area contributed by atoms with E-state index in [9.17, 15) is 14.9 Å². The molecular weight excluding hydrogens is 450 g/mol. The fourth-order valence-electron chi connectivity index (χ4n) is 3.43. The van der Waals surface area contributed by atoms with E-state index in [1.165, 1.54) is 17.9 Å².